The molecule has 1 aliphatic heterocycles. The lowest BCUT2D eigenvalue weighted by Gasteiger charge is -2.36. The molecule has 0 aromatic heterocycles. The fraction of sp³-hybridized carbons (Fsp3) is 0.533. The van der Waals surface area contributed by atoms with Gasteiger partial charge in [0.05, 0.1) is 0 Å². The molecule has 1 heterocycles. The van der Waals surface area contributed by atoms with Gasteiger partial charge in [-0.05, 0) is 44.0 Å². The Hall–Kier alpha value is -1.01. The van der Waals surface area contributed by atoms with Gasteiger partial charge in [-0.1, -0.05) is 29.8 Å². The lowest BCUT2D eigenvalue weighted by atomic mass is 9.74. The molecule has 0 saturated carbocycles. The summed E-state index contributed by atoms with van der Waals surface area (Å²) in [4.78, 5) is 12.4. The maximum atomic E-state index is 13.8. The largest absolute Gasteiger partial charge is 0.321 e. The first-order valence-corrected chi connectivity index (χ1v) is 7.78. The molecule has 0 radical (unpaired) electrons. The molecule has 1 aromatic rings. The third-order valence-corrected chi connectivity index (χ3v) is 4.61. The molecule has 1 aliphatic rings. The van der Waals surface area contributed by atoms with Crippen molar-refractivity contribution in [1.29, 1.82) is 0 Å². The van der Waals surface area contributed by atoms with Crippen LogP contribution in [-0.2, 0) is 4.79 Å². The minimum absolute atomic E-state index is 0.146. The van der Waals surface area contributed by atoms with Crippen molar-refractivity contribution in [3.8, 4) is 0 Å². The van der Waals surface area contributed by atoms with Crippen molar-refractivity contribution in [2.45, 2.75) is 26.7 Å². The summed E-state index contributed by atoms with van der Waals surface area (Å²) in [6, 6.07) is 2.27. The first kappa shape index (κ1) is 16.4. The van der Waals surface area contributed by atoms with E-state index in [1.165, 1.54) is 0 Å². The molecule has 6 heteroatoms. The molecule has 3 nitrogen and oxygen atoms in total. The number of nitrogens with one attached hydrogen (secondary N) is 2. The van der Waals surface area contributed by atoms with Crippen LogP contribution in [0.5, 0.6) is 0 Å². The number of rotatable bonds is 3. The summed E-state index contributed by atoms with van der Waals surface area (Å²) in [6.07, 6.45) is 1.93. The van der Waals surface area contributed by atoms with Crippen LogP contribution in [0.1, 0.15) is 26.7 Å². The number of hydrogen-bond acceptors (Lipinski definition) is 2. The summed E-state index contributed by atoms with van der Waals surface area (Å²) in [5.74, 6) is -1.79. The first-order chi connectivity index (χ1) is 9.82. The maximum absolute atomic E-state index is 13.8. The second kappa shape index (κ2) is 6.40. The van der Waals surface area contributed by atoms with Crippen molar-refractivity contribution in [2.24, 2.45) is 11.3 Å². The van der Waals surface area contributed by atoms with Crippen LogP contribution in [0.25, 0.3) is 0 Å². The SMILES string of the molecule is CC(C)(C(=O)Nc1c(F)cc(Br)cc1F)C1CCCNC1. The number of carbonyl (C=O) groups is 1. The molecular formula is C15H19BrF2N2O. The molecule has 21 heavy (non-hydrogen) atoms. The third-order valence-electron chi connectivity index (χ3n) is 4.15. The van der Waals surface area contributed by atoms with E-state index in [1.54, 1.807) is 0 Å². The lowest BCUT2D eigenvalue weighted by molar-refractivity contribution is -0.127. The molecular weight excluding hydrogens is 342 g/mol. The molecule has 0 spiro atoms. The quantitative estimate of drug-likeness (QED) is 0.862. The normalized spacial score (nSPS) is 19.4. The standard InChI is InChI=1S/C15H19BrF2N2O/c1-15(2,9-4-3-5-19-8-9)14(21)20-13-11(17)6-10(16)7-12(13)18/h6-7,9,19H,3-5,8H2,1-2H3,(H,20,21). The van der Waals surface area contributed by atoms with Gasteiger partial charge < -0.3 is 10.6 Å². The van der Waals surface area contributed by atoms with E-state index >= 15 is 0 Å². The van der Waals surface area contributed by atoms with Gasteiger partial charge in [0.1, 0.15) is 5.69 Å². The Kier molecular flexibility index (Phi) is 4.99. The molecule has 1 saturated heterocycles. The van der Waals surface area contributed by atoms with E-state index in [1.807, 2.05) is 13.8 Å². The Morgan fingerprint density at radius 3 is 2.52 bits per heavy atom. The second-order valence-corrected chi connectivity index (χ2v) is 6.88. The highest BCUT2D eigenvalue weighted by atomic mass is 79.9. The number of carbonyl (C=O) groups excluding carboxylic acids is 1. The molecule has 0 bridgehead atoms. The van der Waals surface area contributed by atoms with Crippen LogP contribution < -0.4 is 10.6 Å². The van der Waals surface area contributed by atoms with E-state index in [0.717, 1.165) is 38.1 Å². The average Bonchev–Trinajstić information content (AvgIpc) is 2.43. The van der Waals surface area contributed by atoms with Crippen LogP contribution in [0.3, 0.4) is 0 Å². The molecule has 0 aliphatic carbocycles. The van der Waals surface area contributed by atoms with Gasteiger partial charge in [0, 0.05) is 9.89 Å². The topological polar surface area (TPSA) is 41.1 Å². The monoisotopic (exact) mass is 360 g/mol. The number of benzene rings is 1. The first-order valence-electron chi connectivity index (χ1n) is 6.99. The Morgan fingerprint density at radius 1 is 1.38 bits per heavy atom. The molecule has 1 amide bonds. The smallest absolute Gasteiger partial charge is 0.230 e. The summed E-state index contributed by atoms with van der Waals surface area (Å²) in [6.45, 7) is 5.32. The van der Waals surface area contributed by atoms with Gasteiger partial charge in [-0.25, -0.2) is 8.78 Å². The Labute approximate surface area is 131 Å². The number of halogens is 3. The van der Waals surface area contributed by atoms with Crippen molar-refractivity contribution in [3.63, 3.8) is 0 Å². The second-order valence-electron chi connectivity index (χ2n) is 5.96. The van der Waals surface area contributed by atoms with Crippen LogP contribution in [0.2, 0.25) is 0 Å². The van der Waals surface area contributed by atoms with Gasteiger partial charge in [0.2, 0.25) is 5.91 Å². The predicted molar refractivity (Wildman–Crippen MR) is 82.1 cm³/mol. The van der Waals surface area contributed by atoms with Crippen molar-refractivity contribution >= 4 is 27.5 Å². The van der Waals surface area contributed by atoms with Crippen LogP contribution in [0, 0.1) is 23.0 Å². The van der Waals surface area contributed by atoms with E-state index in [4.69, 9.17) is 0 Å². The zero-order valence-electron chi connectivity index (χ0n) is 12.1. The van der Waals surface area contributed by atoms with Crippen molar-refractivity contribution in [1.82, 2.24) is 5.32 Å². The third kappa shape index (κ3) is 3.61. The highest BCUT2D eigenvalue weighted by Crippen LogP contribution is 2.34. The maximum Gasteiger partial charge on any atom is 0.230 e. The molecule has 1 unspecified atom stereocenters. The molecule has 1 aromatic carbocycles. The summed E-state index contributed by atoms with van der Waals surface area (Å²) >= 11 is 3.01. The summed E-state index contributed by atoms with van der Waals surface area (Å²) in [5, 5.41) is 5.66. The summed E-state index contributed by atoms with van der Waals surface area (Å²) < 4.78 is 27.9. The highest BCUT2D eigenvalue weighted by molar-refractivity contribution is 9.10. The van der Waals surface area contributed by atoms with Crippen molar-refractivity contribution < 1.29 is 13.6 Å². The van der Waals surface area contributed by atoms with Crippen molar-refractivity contribution in [2.75, 3.05) is 18.4 Å². The van der Waals surface area contributed by atoms with Gasteiger partial charge in [-0.3, -0.25) is 4.79 Å². The van der Waals surface area contributed by atoms with E-state index < -0.39 is 17.0 Å². The van der Waals surface area contributed by atoms with E-state index in [9.17, 15) is 13.6 Å². The highest BCUT2D eigenvalue weighted by Gasteiger charge is 2.37. The fourth-order valence-electron chi connectivity index (χ4n) is 2.59. The molecule has 1 atom stereocenters. The Morgan fingerprint density at radius 2 is 2.00 bits per heavy atom. The summed E-state index contributed by atoms with van der Waals surface area (Å²) in [5.41, 5.74) is -1.08. The van der Waals surface area contributed by atoms with Crippen LogP contribution in [-0.4, -0.2) is 19.0 Å². The lowest BCUT2D eigenvalue weighted by Crippen LogP contribution is -2.45. The number of piperidine rings is 1. The molecule has 2 rings (SSSR count). The van der Waals surface area contributed by atoms with E-state index in [-0.39, 0.29) is 17.5 Å². The van der Waals surface area contributed by atoms with Gasteiger partial charge in [-0.15, -0.1) is 0 Å². The van der Waals surface area contributed by atoms with Gasteiger partial charge >= 0.3 is 0 Å². The number of anilines is 1. The zero-order valence-corrected chi connectivity index (χ0v) is 13.7. The Bertz CT molecular complexity index is 519. The minimum Gasteiger partial charge on any atom is -0.321 e. The number of amides is 1. The van der Waals surface area contributed by atoms with Crippen molar-refractivity contribution in [3.05, 3.63) is 28.2 Å². The van der Waals surface area contributed by atoms with E-state index in [0.29, 0.717) is 4.47 Å². The predicted octanol–water partition coefficient (Wildman–Crippen LogP) is 3.69. The zero-order chi connectivity index (χ0) is 15.6. The van der Waals surface area contributed by atoms with Crippen LogP contribution in [0.4, 0.5) is 14.5 Å². The van der Waals surface area contributed by atoms with Gasteiger partial charge in [-0.2, -0.15) is 0 Å². The molecule has 1 fully saturated rings. The number of hydrogen-bond donors (Lipinski definition) is 2. The average molecular weight is 361 g/mol. The van der Waals surface area contributed by atoms with Crippen LogP contribution >= 0.6 is 15.9 Å². The molecule has 2 N–H and O–H groups in total. The molecule has 116 valence electrons. The van der Waals surface area contributed by atoms with Gasteiger partial charge in [0.15, 0.2) is 11.6 Å². The van der Waals surface area contributed by atoms with Crippen LogP contribution in [0.15, 0.2) is 16.6 Å². The minimum atomic E-state index is -0.784. The fourth-order valence-corrected chi connectivity index (χ4v) is 2.99. The van der Waals surface area contributed by atoms with E-state index in [2.05, 4.69) is 26.6 Å². The van der Waals surface area contributed by atoms with Gasteiger partial charge in [0.25, 0.3) is 0 Å². The Balaban J connectivity index is 2.17. The summed E-state index contributed by atoms with van der Waals surface area (Å²) in [7, 11) is 0.